The van der Waals surface area contributed by atoms with Crippen LogP contribution in [0.25, 0.3) is 0 Å². The third-order valence-electron chi connectivity index (χ3n) is 3.80. The van der Waals surface area contributed by atoms with E-state index in [-0.39, 0.29) is 6.03 Å². The molecule has 0 saturated carbocycles. The minimum absolute atomic E-state index is 0.166. The maximum Gasteiger partial charge on any atom is 0.321 e. The number of aryl methyl sites for hydroxylation is 1. The van der Waals surface area contributed by atoms with Crippen molar-refractivity contribution in [1.82, 2.24) is 4.90 Å². The number of benzene rings is 2. The van der Waals surface area contributed by atoms with Gasteiger partial charge in [-0.2, -0.15) is 0 Å². The van der Waals surface area contributed by atoms with Crippen LogP contribution in [0.2, 0.25) is 0 Å². The van der Waals surface area contributed by atoms with Crippen LogP contribution in [0.3, 0.4) is 0 Å². The molecule has 2 aromatic carbocycles. The average molecular weight is 391 g/mol. The summed E-state index contributed by atoms with van der Waals surface area (Å²) in [6.07, 6.45) is 0. The highest BCUT2D eigenvalue weighted by molar-refractivity contribution is 9.10. The molecule has 3 rings (SSSR count). The van der Waals surface area contributed by atoms with E-state index in [2.05, 4.69) is 21.2 Å². The molecule has 0 aliphatic carbocycles. The molecule has 0 aromatic heterocycles. The highest BCUT2D eigenvalue weighted by Gasteiger charge is 2.14. The summed E-state index contributed by atoms with van der Waals surface area (Å²) in [5.74, 6) is 1.48. The van der Waals surface area contributed by atoms with Gasteiger partial charge in [0.1, 0.15) is 13.2 Å². The average Bonchev–Trinajstić information content (AvgIpc) is 2.58. The van der Waals surface area contributed by atoms with E-state index in [0.717, 1.165) is 32.8 Å². The fraction of sp³-hybridized carbons (Fsp3) is 0.278. The third kappa shape index (κ3) is 3.82. The van der Waals surface area contributed by atoms with Gasteiger partial charge in [-0.3, -0.25) is 0 Å². The number of rotatable bonds is 3. The Morgan fingerprint density at radius 3 is 2.67 bits per heavy atom. The molecule has 1 N–H and O–H groups in total. The molecule has 0 unspecified atom stereocenters. The van der Waals surface area contributed by atoms with Crippen molar-refractivity contribution in [2.45, 2.75) is 13.5 Å². The summed E-state index contributed by atoms with van der Waals surface area (Å²) in [4.78, 5) is 14.0. The van der Waals surface area contributed by atoms with E-state index in [1.54, 1.807) is 11.9 Å². The summed E-state index contributed by atoms with van der Waals surface area (Å²) < 4.78 is 12.1. The molecule has 24 heavy (non-hydrogen) atoms. The van der Waals surface area contributed by atoms with Gasteiger partial charge in [0.25, 0.3) is 0 Å². The Morgan fingerprint density at radius 1 is 1.17 bits per heavy atom. The Balaban J connectivity index is 1.64. The Morgan fingerprint density at radius 2 is 1.92 bits per heavy atom. The fourth-order valence-corrected chi connectivity index (χ4v) is 2.80. The molecule has 0 radical (unpaired) electrons. The first-order valence-corrected chi connectivity index (χ1v) is 8.49. The fourth-order valence-electron chi connectivity index (χ4n) is 2.42. The van der Waals surface area contributed by atoms with Gasteiger partial charge in [0, 0.05) is 23.8 Å². The van der Waals surface area contributed by atoms with Crippen LogP contribution in [-0.2, 0) is 6.54 Å². The van der Waals surface area contributed by atoms with Crippen LogP contribution in [-0.4, -0.2) is 31.2 Å². The third-order valence-corrected chi connectivity index (χ3v) is 4.65. The lowest BCUT2D eigenvalue weighted by Crippen LogP contribution is -2.30. The summed E-state index contributed by atoms with van der Waals surface area (Å²) in [6, 6.07) is 11.3. The molecule has 0 bridgehead atoms. The number of nitrogens with zero attached hydrogens (tertiary/aromatic N) is 1. The van der Waals surface area contributed by atoms with Crippen molar-refractivity contribution in [2.75, 3.05) is 25.6 Å². The Hall–Kier alpha value is -2.21. The number of carbonyl (C=O) groups excluding carboxylic acids is 1. The predicted octanol–water partition coefficient (Wildman–Crippen LogP) is 4.19. The van der Waals surface area contributed by atoms with Crippen molar-refractivity contribution in [3.63, 3.8) is 0 Å². The van der Waals surface area contributed by atoms with Crippen LogP contribution in [0.1, 0.15) is 11.1 Å². The minimum Gasteiger partial charge on any atom is -0.486 e. The molecule has 0 spiro atoms. The minimum atomic E-state index is -0.166. The number of fused-ring (bicyclic) bond motifs is 1. The Kier molecular flexibility index (Phi) is 4.94. The molecule has 0 atom stereocenters. The Labute approximate surface area is 149 Å². The van der Waals surface area contributed by atoms with Gasteiger partial charge in [-0.15, -0.1) is 0 Å². The maximum atomic E-state index is 12.3. The van der Waals surface area contributed by atoms with Gasteiger partial charge in [-0.1, -0.05) is 28.1 Å². The van der Waals surface area contributed by atoms with E-state index in [9.17, 15) is 4.79 Å². The molecule has 1 aliphatic heterocycles. The molecule has 1 heterocycles. The number of halogens is 1. The molecule has 0 fully saturated rings. The highest BCUT2D eigenvalue weighted by atomic mass is 79.9. The number of carbonyl (C=O) groups is 1. The van der Waals surface area contributed by atoms with E-state index in [0.29, 0.717) is 19.8 Å². The van der Waals surface area contributed by atoms with Crippen molar-refractivity contribution < 1.29 is 14.3 Å². The van der Waals surface area contributed by atoms with Crippen molar-refractivity contribution in [3.05, 3.63) is 52.0 Å². The summed E-state index contributed by atoms with van der Waals surface area (Å²) in [5, 5.41) is 2.89. The van der Waals surface area contributed by atoms with E-state index >= 15 is 0 Å². The molecule has 1 aliphatic rings. The van der Waals surface area contributed by atoms with Crippen LogP contribution in [0.5, 0.6) is 11.5 Å². The number of ether oxygens (including phenoxy) is 2. The highest BCUT2D eigenvalue weighted by Crippen LogP contribution is 2.31. The second-order valence-corrected chi connectivity index (χ2v) is 6.58. The van der Waals surface area contributed by atoms with Gasteiger partial charge in [-0.25, -0.2) is 4.79 Å². The maximum absolute atomic E-state index is 12.3. The first-order valence-electron chi connectivity index (χ1n) is 7.70. The van der Waals surface area contributed by atoms with Crippen LogP contribution in [0.15, 0.2) is 40.9 Å². The second-order valence-electron chi connectivity index (χ2n) is 5.73. The molecular formula is C18H19BrN2O3. The van der Waals surface area contributed by atoms with Gasteiger partial charge in [0.05, 0.1) is 0 Å². The van der Waals surface area contributed by atoms with E-state index in [1.165, 1.54) is 0 Å². The number of nitrogens with one attached hydrogen (secondary N) is 1. The van der Waals surface area contributed by atoms with Gasteiger partial charge in [0.15, 0.2) is 11.5 Å². The molecule has 2 amide bonds. The van der Waals surface area contributed by atoms with Crippen LogP contribution in [0.4, 0.5) is 10.5 Å². The first kappa shape index (κ1) is 16.6. The summed E-state index contributed by atoms with van der Waals surface area (Å²) >= 11 is 3.47. The SMILES string of the molecule is Cc1ccc(NC(=O)N(C)Cc2ccc3c(c2)OCCO3)cc1Br. The van der Waals surface area contributed by atoms with Gasteiger partial charge >= 0.3 is 6.03 Å². The van der Waals surface area contributed by atoms with E-state index in [1.807, 2.05) is 43.3 Å². The zero-order valence-corrected chi connectivity index (χ0v) is 15.2. The van der Waals surface area contributed by atoms with Crippen LogP contribution < -0.4 is 14.8 Å². The smallest absolute Gasteiger partial charge is 0.321 e. The summed E-state index contributed by atoms with van der Waals surface area (Å²) in [5.41, 5.74) is 2.87. The normalized spacial score (nSPS) is 12.6. The van der Waals surface area contributed by atoms with E-state index in [4.69, 9.17) is 9.47 Å². The van der Waals surface area contributed by atoms with Crippen LogP contribution >= 0.6 is 15.9 Å². The lowest BCUT2D eigenvalue weighted by molar-refractivity contribution is 0.171. The van der Waals surface area contributed by atoms with Crippen molar-refractivity contribution in [1.29, 1.82) is 0 Å². The standard InChI is InChI=1S/C18H19BrN2O3/c1-12-3-5-14(10-15(12)19)20-18(22)21(2)11-13-4-6-16-17(9-13)24-8-7-23-16/h3-6,9-10H,7-8,11H2,1-2H3,(H,20,22). The van der Waals surface area contributed by atoms with Crippen molar-refractivity contribution in [2.24, 2.45) is 0 Å². The monoisotopic (exact) mass is 390 g/mol. The number of anilines is 1. The van der Waals surface area contributed by atoms with Crippen LogP contribution in [0, 0.1) is 6.92 Å². The van der Waals surface area contributed by atoms with Gasteiger partial charge < -0.3 is 19.7 Å². The zero-order valence-electron chi connectivity index (χ0n) is 13.6. The largest absolute Gasteiger partial charge is 0.486 e. The molecule has 5 nitrogen and oxygen atoms in total. The first-order chi connectivity index (χ1) is 11.5. The zero-order chi connectivity index (χ0) is 17.1. The summed E-state index contributed by atoms with van der Waals surface area (Å²) in [7, 11) is 1.76. The molecule has 6 heteroatoms. The molecule has 0 saturated heterocycles. The van der Waals surface area contributed by atoms with Gasteiger partial charge in [-0.05, 0) is 42.3 Å². The number of amides is 2. The number of hydrogen-bond donors (Lipinski definition) is 1. The number of urea groups is 1. The van der Waals surface area contributed by atoms with Gasteiger partial charge in [0.2, 0.25) is 0 Å². The number of hydrogen-bond acceptors (Lipinski definition) is 3. The molecule has 2 aromatic rings. The predicted molar refractivity (Wildman–Crippen MR) is 96.8 cm³/mol. The summed E-state index contributed by atoms with van der Waals surface area (Å²) in [6.45, 7) is 3.61. The molecule has 126 valence electrons. The topological polar surface area (TPSA) is 50.8 Å². The van der Waals surface area contributed by atoms with Crippen molar-refractivity contribution >= 4 is 27.6 Å². The lowest BCUT2D eigenvalue weighted by atomic mass is 10.2. The quantitative estimate of drug-likeness (QED) is 0.854. The van der Waals surface area contributed by atoms with E-state index < -0.39 is 0 Å². The van der Waals surface area contributed by atoms with Crippen molar-refractivity contribution in [3.8, 4) is 11.5 Å². The lowest BCUT2D eigenvalue weighted by Gasteiger charge is -2.21. The second kappa shape index (κ2) is 7.13. The Bertz CT molecular complexity index is 764. The molecular weight excluding hydrogens is 372 g/mol.